The van der Waals surface area contributed by atoms with Crippen LogP contribution in [0.2, 0.25) is 0 Å². The summed E-state index contributed by atoms with van der Waals surface area (Å²) in [4.78, 5) is 16.3. The van der Waals surface area contributed by atoms with Gasteiger partial charge in [-0.05, 0) is 12.1 Å². The number of rotatable bonds is 5. The maximum absolute atomic E-state index is 12.1. The van der Waals surface area contributed by atoms with Gasteiger partial charge in [0.15, 0.2) is 5.78 Å². The molecule has 18 heavy (non-hydrogen) atoms. The first-order chi connectivity index (χ1) is 8.74. The molecule has 2 aromatic rings. The molecule has 1 aromatic carbocycles. The third-order valence-electron chi connectivity index (χ3n) is 2.82. The highest BCUT2D eigenvalue weighted by Gasteiger charge is 2.09. The molecular weight excluding hydrogens is 228 g/mol. The smallest absolute Gasteiger partial charge is 0.182 e. The maximum atomic E-state index is 12.1. The van der Waals surface area contributed by atoms with E-state index in [1.54, 1.807) is 25.4 Å². The number of aryl methyl sites for hydroxylation is 1. The largest absolute Gasteiger partial charge is 0.497 e. The van der Waals surface area contributed by atoms with Gasteiger partial charge in [0, 0.05) is 24.4 Å². The average Bonchev–Trinajstić information content (AvgIpc) is 2.86. The van der Waals surface area contributed by atoms with Crippen LogP contribution in [0.25, 0.3) is 0 Å². The highest BCUT2D eigenvalue weighted by atomic mass is 16.5. The number of hydrogen-bond donors (Lipinski definition) is 0. The molecule has 0 aliphatic rings. The van der Waals surface area contributed by atoms with Crippen LogP contribution >= 0.6 is 0 Å². The Kier molecular flexibility index (Phi) is 3.77. The van der Waals surface area contributed by atoms with Gasteiger partial charge < -0.3 is 9.30 Å². The first kappa shape index (κ1) is 12.4. The van der Waals surface area contributed by atoms with Gasteiger partial charge in [0.05, 0.1) is 13.7 Å². The molecular formula is C14H16N2O2. The Balaban J connectivity index is 2.16. The van der Waals surface area contributed by atoms with Crippen molar-refractivity contribution in [2.24, 2.45) is 0 Å². The summed E-state index contributed by atoms with van der Waals surface area (Å²) in [5.74, 6) is 1.68. The molecule has 94 valence electrons. The third kappa shape index (κ3) is 2.59. The van der Waals surface area contributed by atoms with Gasteiger partial charge in [0.2, 0.25) is 0 Å². The van der Waals surface area contributed by atoms with E-state index >= 15 is 0 Å². The number of methoxy groups -OCH3 is 1. The normalized spacial score (nSPS) is 10.3. The Bertz CT molecular complexity index is 546. The number of nitrogens with zero attached hydrogens (tertiary/aromatic N) is 2. The summed E-state index contributed by atoms with van der Waals surface area (Å²) in [7, 11) is 1.59. The minimum Gasteiger partial charge on any atom is -0.497 e. The number of aromatic nitrogens is 2. The molecule has 0 saturated carbocycles. The topological polar surface area (TPSA) is 44.1 Å². The van der Waals surface area contributed by atoms with Crippen LogP contribution in [0.1, 0.15) is 23.1 Å². The molecule has 0 bridgehead atoms. The Labute approximate surface area is 106 Å². The van der Waals surface area contributed by atoms with Crippen molar-refractivity contribution in [1.29, 1.82) is 0 Å². The van der Waals surface area contributed by atoms with Crippen molar-refractivity contribution < 1.29 is 9.53 Å². The summed E-state index contributed by atoms with van der Waals surface area (Å²) in [6, 6.07) is 7.20. The van der Waals surface area contributed by atoms with Crippen LogP contribution in [0.3, 0.4) is 0 Å². The Morgan fingerprint density at radius 1 is 1.44 bits per heavy atom. The molecule has 2 rings (SSSR count). The predicted molar refractivity (Wildman–Crippen MR) is 68.9 cm³/mol. The predicted octanol–water partition coefficient (Wildman–Crippen LogP) is 2.34. The number of ether oxygens (including phenoxy) is 1. The van der Waals surface area contributed by atoms with Crippen molar-refractivity contribution in [2.45, 2.75) is 19.9 Å². The fourth-order valence-corrected chi connectivity index (χ4v) is 1.84. The van der Waals surface area contributed by atoms with Crippen LogP contribution in [0.5, 0.6) is 5.75 Å². The molecule has 4 heteroatoms. The molecule has 1 heterocycles. The molecule has 0 amide bonds. The first-order valence-corrected chi connectivity index (χ1v) is 5.92. The molecule has 0 atom stereocenters. The lowest BCUT2D eigenvalue weighted by Gasteiger charge is -2.07. The van der Waals surface area contributed by atoms with Crippen molar-refractivity contribution in [3.8, 4) is 5.75 Å². The number of carbonyl (C=O) groups excluding carboxylic acids is 1. The third-order valence-corrected chi connectivity index (χ3v) is 2.82. The fraction of sp³-hybridized carbons (Fsp3) is 0.286. The first-order valence-electron chi connectivity index (χ1n) is 5.92. The highest BCUT2D eigenvalue weighted by Crippen LogP contribution is 2.14. The summed E-state index contributed by atoms with van der Waals surface area (Å²) < 4.78 is 6.99. The van der Waals surface area contributed by atoms with E-state index < -0.39 is 0 Å². The molecule has 0 N–H and O–H groups in total. The lowest BCUT2D eigenvalue weighted by atomic mass is 10.1. The molecule has 0 radical (unpaired) electrons. The van der Waals surface area contributed by atoms with Crippen molar-refractivity contribution in [1.82, 2.24) is 9.55 Å². The summed E-state index contributed by atoms with van der Waals surface area (Å²) >= 11 is 0. The summed E-state index contributed by atoms with van der Waals surface area (Å²) in [5.41, 5.74) is 0.658. The summed E-state index contributed by atoms with van der Waals surface area (Å²) in [6.07, 6.45) is 4.37. The molecule has 1 aromatic heterocycles. The van der Waals surface area contributed by atoms with Gasteiger partial charge in [-0.3, -0.25) is 4.79 Å². The van der Waals surface area contributed by atoms with E-state index in [2.05, 4.69) is 4.98 Å². The van der Waals surface area contributed by atoms with Crippen molar-refractivity contribution in [3.05, 3.63) is 48.0 Å². The van der Waals surface area contributed by atoms with Gasteiger partial charge >= 0.3 is 0 Å². The number of Topliss-reactive ketones (excluding diaryl/α,β-unsaturated/α-hetero) is 1. The molecule has 0 fully saturated rings. The number of benzene rings is 1. The second-order valence-corrected chi connectivity index (χ2v) is 3.98. The zero-order valence-corrected chi connectivity index (χ0v) is 10.6. The van der Waals surface area contributed by atoms with Gasteiger partial charge in [-0.25, -0.2) is 4.98 Å². The van der Waals surface area contributed by atoms with Crippen LogP contribution < -0.4 is 4.74 Å². The Hall–Kier alpha value is -2.10. The van der Waals surface area contributed by atoms with Crippen molar-refractivity contribution in [2.75, 3.05) is 7.11 Å². The molecule has 4 nitrogen and oxygen atoms in total. The second-order valence-electron chi connectivity index (χ2n) is 3.98. The SMILES string of the molecule is CCc1nccn1CC(=O)c1cccc(OC)c1. The van der Waals surface area contributed by atoms with Gasteiger partial charge in [-0.2, -0.15) is 0 Å². The summed E-state index contributed by atoms with van der Waals surface area (Å²) in [5, 5.41) is 0. The van der Waals surface area contributed by atoms with Crippen LogP contribution in [-0.4, -0.2) is 22.4 Å². The lowest BCUT2D eigenvalue weighted by molar-refractivity contribution is 0.0970. The van der Waals surface area contributed by atoms with Gasteiger partial charge in [0.1, 0.15) is 11.6 Å². The number of carbonyl (C=O) groups is 1. The zero-order chi connectivity index (χ0) is 13.0. The lowest BCUT2D eigenvalue weighted by Crippen LogP contribution is -2.12. The van der Waals surface area contributed by atoms with E-state index in [1.165, 1.54) is 0 Å². The molecule has 0 spiro atoms. The monoisotopic (exact) mass is 244 g/mol. The highest BCUT2D eigenvalue weighted by molar-refractivity contribution is 5.96. The molecule has 0 saturated heterocycles. The molecule has 0 aliphatic carbocycles. The zero-order valence-electron chi connectivity index (χ0n) is 10.6. The molecule has 0 aliphatic heterocycles. The number of imidazole rings is 1. The minimum absolute atomic E-state index is 0.0570. The van der Waals surface area contributed by atoms with E-state index in [-0.39, 0.29) is 5.78 Å². The fourth-order valence-electron chi connectivity index (χ4n) is 1.84. The number of hydrogen-bond acceptors (Lipinski definition) is 3. The van der Waals surface area contributed by atoms with Crippen molar-refractivity contribution in [3.63, 3.8) is 0 Å². The van der Waals surface area contributed by atoms with E-state index in [1.807, 2.05) is 29.8 Å². The summed E-state index contributed by atoms with van der Waals surface area (Å²) in [6.45, 7) is 2.34. The van der Waals surface area contributed by atoms with Crippen molar-refractivity contribution >= 4 is 5.78 Å². The minimum atomic E-state index is 0.0570. The van der Waals surface area contributed by atoms with E-state index in [0.29, 0.717) is 17.9 Å². The van der Waals surface area contributed by atoms with Crippen LogP contribution in [0.15, 0.2) is 36.7 Å². The maximum Gasteiger partial charge on any atom is 0.182 e. The quantitative estimate of drug-likeness (QED) is 0.758. The number of ketones is 1. The second kappa shape index (κ2) is 5.49. The Morgan fingerprint density at radius 3 is 3.00 bits per heavy atom. The van der Waals surface area contributed by atoms with E-state index in [4.69, 9.17) is 4.74 Å². The standard InChI is InChI=1S/C14H16N2O2/c1-3-14-15-7-8-16(14)10-13(17)11-5-4-6-12(9-11)18-2/h4-9H,3,10H2,1-2H3. The average molecular weight is 244 g/mol. The van der Waals surface area contributed by atoms with Crippen LogP contribution in [-0.2, 0) is 13.0 Å². The van der Waals surface area contributed by atoms with Gasteiger partial charge in [-0.15, -0.1) is 0 Å². The Morgan fingerprint density at radius 2 is 2.28 bits per heavy atom. The van der Waals surface area contributed by atoms with Crippen LogP contribution in [0.4, 0.5) is 0 Å². The molecule has 0 unspecified atom stereocenters. The van der Waals surface area contributed by atoms with E-state index in [9.17, 15) is 4.79 Å². The van der Waals surface area contributed by atoms with E-state index in [0.717, 1.165) is 12.2 Å². The van der Waals surface area contributed by atoms with Gasteiger partial charge in [0.25, 0.3) is 0 Å². The van der Waals surface area contributed by atoms with Gasteiger partial charge in [-0.1, -0.05) is 19.1 Å². The van der Waals surface area contributed by atoms with Crippen LogP contribution in [0, 0.1) is 0 Å².